The molecule has 0 aliphatic rings. The molecule has 8 nitrogen and oxygen atoms in total. The van der Waals surface area contributed by atoms with Crippen LogP contribution in [-0.4, -0.2) is 52.6 Å². The van der Waals surface area contributed by atoms with Gasteiger partial charge in [0.15, 0.2) is 0 Å². The third-order valence-electron chi connectivity index (χ3n) is 5.71. The molecule has 0 saturated carbocycles. The van der Waals surface area contributed by atoms with E-state index in [1.807, 2.05) is 0 Å². The predicted octanol–water partition coefficient (Wildman–Crippen LogP) is 5.45. The highest BCUT2D eigenvalue weighted by Crippen LogP contribution is 2.26. The van der Waals surface area contributed by atoms with E-state index in [1.54, 1.807) is 39.8 Å². The highest BCUT2D eigenvalue weighted by atomic mass is 16.6. The standard InChI is InChI=1S/C28H47N3O5/c1-7-9-11-12-14-19-31(26(34)21(3)30-27(35)36-28(4,5)6)24(22-16-15-17-23(32)20-22)25(33)29-18-13-10-8-2/h15-17,20-21,24,32H,7-14,18-19H2,1-6H3,(H,29,33)(H,30,35). The van der Waals surface area contributed by atoms with E-state index in [-0.39, 0.29) is 17.6 Å². The van der Waals surface area contributed by atoms with Gasteiger partial charge >= 0.3 is 6.09 Å². The molecule has 1 aromatic carbocycles. The summed E-state index contributed by atoms with van der Waals surface area (Å²) < 4.78 is 5.31. The van der Waals surface area contributed by atoms with Crippen molar-refractivity contribution >= 4 is 17.9 Å². The molecule has 0 radical (unpaired) electrons. The Kier molecular flexibility index (Phi) is 14.0. The van der Waals surface area contributed by atoms with Crippen molar-refractivity contribution in [3.8, 4) is 5.75 Å². The maximum Gasteiger partial charge on any atom is 0.408 e. The van der Waals surface area contributed by atoms with Crippen LogP contribution in [0.4, 0.5) is 4.79 Å². The lowest BCUT2D eigenvalue weighted by molar-refractivity contribution is -0.142. The van der Waals surface area contributed by atoms with Crippen LogP contribution in [0.25, 0.3) is 0 Å². The summed E-state index contributed by atoms with van der Waals surface area (Å²) in [4.78, 5) is 40.9. The number of benzene rings is 1. The Morgan fingerprint density at radius 1 is 1.00 bits per heavy atom. The number of carbonyl (C=O) groups is 3. The number of ether oxygens (including phenoxy) is 1. The Balaban J connectivity index is 3.22. The van der Waals surface area contributed by atoms with Crippen LogP contribution in [0.5, 0.6) is 5.75 Å². The van der Waals surface area contributed by atoms with Crippen LogP contribution >= 0.6 is 0 Å². The molecule has 204 valence electrons. The number of hydrogen-bond acceptors (Lipinski definition) is 5. The number of alkyl carbamates (subject to hydrolysis) is 1. The molecule has 0 aromatic heterocycles. The van der Waals surface area contributed by atoms with Gasteiger partial charge in [0.2, 0.25) is 11.8 Å². The van der Waals surface area contributed by atoms with Gasteiger partial charge in [-0.25, -0.2) is 4.79 Å². The van der Waals surface area contributed by atoms with Crippen molar-refractivity contribution in [3.63, 3.8) is 0 Å². The van der Waals surface area contributed by atoms with E-state index in [0.29, 0.717) is 18.7 Å². The number of phenols is 1. The number of unbranched alkanes of at least 4 members (excludes halogenated alkanes) is 6. The fourth-order valence-electron chi connectivity index (χ4n) is 3.90. The quantitative estimate of drug-likeness (QED) is 0.275. The molecule has 0 aliphatic heterocycles. The molecule has 0 aliphatic carbocycles. The highest BCUT2D eigenvalue weighted by molar-refractivity contribution is 5.92. The highest BCUT2D eigenvalue weighted by Gasteiger charge is 2.34. The maximum absolute atomic E-state index is 13.7. The molecule has 3 N–H and O–H groups in total. The van der Waals surface area contributed by atoms with Crippen LogP contribution in [0.3, 0.4) is 0 Å². The van der Waals surface area contributed by atoms with E-state index in [4.69, 9.17) is 4.74 Å². The average molecular weight is 506 g/mol. The minimum absolute atomic E-state index is 0.0200. The zero-order chi connectivity index (χ0) is 27.1. The first-order chi connectivity index (χ1) is 17.0. The summed E-state index contributed by atoms with van der Waals surface area (Å²) in [5.41, 5.74) is -0.178. The second-order valence-electron chi connectivity index (χ2n) is 10.3. The van der Waals surface area contributed by atoms with Crippen molar-refractivity contribution in [2.24, 2.45) is 0 Å². The first-order valence-electron chi connectivity index (χ1n) is 13.4. The Labute approximate surface area is 217 Å². The molecule has 0 fully saturated rings. The van der Waals surface area contributed by atoms with Crippen LogP contribution in [0.15, 0.2) is 24.3 Å². The Morgan fingerprint density at radius 3 is 2.25 bits per heavy atom. The number of carbonyl (C=O) groups excluding carboxylic acids is 3. The van der Waals surface area contributed by atoms with E-state index >= 15 is 0 Å². The molecule has 0 bridgehead atoms. The molecule has 1 aromatic rings. The summed E-state index contributed by atoms with van der Waals surface area (Å²) in [5.74, 6) is -0.664. The number of phenolic OH excluding ortho intramolecular Hbond substituents is 1. The van der Waals surface area contributed by atoms with Crippen molar-refractivity contribution in [1.29, 1.82) is 0 Å². The maximum atomic E-state index is 13.7. The summed E-state index contributed by atoms with van der Waals surface area (Å²) in [6.45, 7) is 11.9. The van der Waals surface area contributed by atoms with Crippen LogP contribution in [0.2, 0.25) is 0 Å². The predicted molar refractivity (Wildman–Crippen MR) is 143 cm³/mol. The van der Waals surface area contributed by atoms with E-state index in [9.17, 15) is 19.5 Å². The van der Waals surface area contributed by atoms with Gasteiger partial charge in [0.05, 0.1) is 0 Å². The lowest BCUT2D eigenvalue weighted by atomic mass is 10.0. The fraction of sp³-hybridized carbons (Fsp3) is 0.679. The van der Waals surface area contributed by atoms with E-state index in [1.165, 1.54) is 17.0 Å². The third kappa shape index (κ3) is 11.8. The van der Waals surface area contributed by atoms with Crippen molar-refractivity contribution < 1.29 is 24.2 Å². The molecular weight excluding hydrogens is 458 g/mol. The van der Waals surface area contributed by atoms with Crippen molar-refractivity contribution in [3.05, 3.63) is 29.8 Å². The van der Waals surface area contributed by atoms with Crippen molar-refractivity contribution in [1.82, 2.24) is 15.5 Å². The van der Waals surface area contributed by atoms with E-state index in [0.717, 1.165) is 51.4 Å². The molecule has 8 heteroatoms. The van der Waals surface area contributed by atoms with Gasteiger partial charge in [-0.1, -0.05) is 64.5 Å². The third-order valence-corrected chi connectivity index (χ3v) is 5.71. The number of hydrogen-bond donors (Lipinski definition) is 3. The molecule has 0 spiro atoms. The van der Waals surface area contributed by atoms with Crippen molar-refractivity contribution in [2.75, 3.05) is 13.1 Å². The SMILES string of the molecule is CCCCCCCN(C(=O)C(C)NC(=O)OC(C)(C)C)C(C(=O)NCCCCC)c1cccc(O)c1. The molecule has 2 unspecified atom stereocenters. The summed E-state index contributed by atoms with van der Waals surface area (Å²) in [6.07, 6.45) is 7.09. The van der Waals surface area contributed by atoms with Crippen LogP contribution in [-0.2, 0) is 14.3 Å². The number of nitrogens with one attached hydrogen (secondary N) is 2. The van der Waals surface area contributed by atoms with Crippen LogP contribution < -0.4 is 10.6 Å². The normalized spacial score (nSPS) is 12.9. The monoisotopic (exact) mass is 505 g/mol. The molecule has 1 rings (SSSR count). The molecule has 2 atom stereocenters. The molecule has 0 saturated heterocycles. The topological polar surface area (TPSA) is 108 Å². The number of amides is 3. The second kappa shape index (κ2) is 16.1. The minimum Gasteiger partial charge on any atom is -0.508 e. The zero-order valence-corrected chi connectivity index (χ0v) is 23.1. The number of rotatable bonds is 15. The lowest BCUT2D eigenvalue weighted by Gasteiger charge is -2.34. The smallest absolute Gasteiger partial charge is 0.408 e. The van der Waals surface area contributed by atoms with Crippen molar-refractivity contribution in [2.45, 2.75) is 111 Å². The first kappa shape index (κ1) is 31.3. The van der Waals surface area contributed by atoms with Gasteiger partial charge in [0.25, 0.3) is 0 Å². The number of nitrogens with zero attached hydrogens (tertiary/aromatic N) is 1. The molecule has 0 heterocycles. The van der Waals surface area contributed by atoms with Gasteiger partial charge in [-0.15, -0.1) is 0 Å². The fourth-order valence-corrected chi connectivity index (χ4v) is 3.90. The molecule has 3 amide bonds. The number of aromatic hydroxyl groups is 1. The van der Waals surface area contributed by atoms with Gasteiger partial charge in [-0.2, -0.15) is 0 Å². The van der Waals surface area contributed by atoms with Crippen LogP contribution in [0, 0.1) is 0 Å². The summed E-state index contributed by atoms with van der Waals surface area (Å²) in [7, 11) is 0. The Bertz CT molecular complexity index is 822. The van der Waals surface area contributed by atoms with Gasteiger partial charge in [0, 0.05) is 13.1 Å². The summed E-state index contributed by atoms with van der Waals surface area (Å²) in [6, 6.07) is 4.61. The van der Waals surface area contributed by atoms with Gasteiger partial charge in [-0.05, 0) is 58.2 Å². The molecular formula is C28H47N3O5. The second-order valence-corrected chi connectivity index (χ2v) is 10.3. The van der Waals surface area contributed by atoms with Gasteiger partial charge < -0.3 is 25.4 Å². The Hall–Kier alpha value is -2.77. The van der Waals surface area contributed by atoms with Gasteiger partial charge in [-0.3, -0.25) is 9.59 Å². The van der Waals surface area contributed by atoms with Crippen LogP contribution in [0.1, 0.15) is 105 Å². The van der Waals surface area contributed by atoms with E-state index < -0.39 is 23.8 Å². The van der Waals surface area contributed by atoms with Gasteiger partial charge in [0.1, 0.15) is 23.4 Å². The Morgan fingerprint density at radius 2 is 1.64 bits per heavy atom. The summed E-state index contributed by atoms with van der Waals surface area (Å²) >= 11 is 0. The molecule has 36 heavy (non-hydrogen) atoms. The lowest BCUT2D eigenvalue weighted by Crippen LogP contribution is -2.52. The first-order valence-corrected chi connectivity index (χ1v) is 13.4. The van der Waals surface area contributed by atoms with E-state index in [2.05, 4.69) is 24.5 Å². The average Bonchev–Trinajstić information content (AvgIpc) is 2.79. The zero-order valence-electron chi connectivity index (χ0n) is 23.1. The summed E-state index contributed by atoms with van der Waals surface area (Å²) in [5, 5.41) is 15.7. The minimum atomic E-state index is -0.930. The largest absolute Gasteiger partial charge is 0.508 e.